The van der Waals surface area contributed by atoms with Crippen molar-refractivity contribution in [1.82, 2.24) is 0 Å². The van der Waals surface area contributed by atoms with E-state index >= 15 is 0 Å². The van der Waals surface area contributed by atoms with E-state index in [1.165, 1.54) is 80.6 Å². The van der Waals surface area contributed by atoms with Crippen molar-refractivity contribution < 1.29 is 17.7 Å². The Balaban J connectivity index is 0.000000262. The first-order valence-electron chi connectivity index (χ1n) is 11.3. The molecule has 0 aliphatic carbocycles. The van der Waals surface area contributed by atoms with Crippen molar-refractivity contribution in [1.29, 1.82) is 0 Å². The predicted octanol–water partition coefficient (Wildman–Crippen LogP) is 5.07. The van der Waals surface area contributed by atoms with Crippen LogP contribution in [0.15, 0.2) is 59.5 Å². The fraction of sp³-hybridized carbons (Fsp3) is 0.520. The first-order valence-corrected chi connectivity index (χ1v) is 13.9. The molecule has 2 aromatic rings. The van der Waals surface area contributed by atoms with Gasteiger partial charge >= 0.3 is 0 Å². The van der Waals surface area contributed by atoms with Gasteiger partial charge in [-0.25, -0.2) is 8.42 Å². The molecule has 0 N–H and O–H groups in total. The summed E-state index contributed by atoms with van der Waals surface area (Å²) in [6.45, 7) is 2.83. The highest BCUT2D eigenvalue weighted by atomic mass is 32.2. The molecule has 1 atom stereocenters. The first kappa shape index (κ1) is 25.9. The highest BCUT2D eigenvalue weighted by Crippen LogP contribution is 2.18. The number of hydrogen-bond acceptors (Lipinski definition) is 4. The second-order valence-electron chi connectivity index (χ2n) is 8.01. The van der Waals surface area contributed by atoms with E-state index in [1.807, 2.05) is 6.92 Å². The maximum atomic E-state index is 10.4. The van der Waals surface area contributed by atoms with E-state index in [1.54, 1.807) is 23.9 Å². The zero-order chi connectivity index (χ0) is 22.4. The molecule has 1 saturated heterocycles. The van der Waals surface area contributed by atoms with Crippen molar-refractivity contribution in [3.05, 3.63) is 65.7 Å². The van der Waals surface area contributed by atoms with Crippen molar-refractivity contribution in [2.45, 2.75) is 69.3 Å². The molecule has 4 nitrogen and oxygen atoms in total. The Morgan fingerprint density at radius 3 is 2.32 bits per heavy atom. The van der Waals surface area contributed by atoms with Crippen LogP contribution >= 0.6 is 0 Å². The summed E-state index contributed by atoms with van der Waals surface area (Å²) in [5.74, 6) is 2.75. The SMILES string of the molecule is Cc1ccc(S(=O)(=O)[O-])cc1.c1ccc(CCC[SH+]CCCCCC2CCCO2)cc1. The topological polar surface area (TPSA) is 66.4 Å². The molecule has 0 aromatic heterocycles. The maximum Gasteiger partial charge on any atom is 0.124 e. The molecular formula is C25H36O4S2. The predicted molar refractivity (Wildman–Crippen MR) is 130 cm³/mol. The van der Waals surface area contributed by atoms with Gasteiger partial charge in [0.05, 0.1) is 11.0 Å². The van der Waals surface area contributed by atoms with Crippen LogP contribution in [-0.4, -0.2) is 37.2 Å². The third-order valence-electron chi connectivity index (χ3n) is 5.30. The van der Waals surface area contributed by atoms with Crippen molar-refractivity contribution in [3.8, 4) is 0 Å². The molecule has 0 bridgehead atoms. The second-order valence-corrected chi connectivity index (χ2v) is 10.7. The van der Waals surface area contributed by atoms with Crippen LogP contribution in [-0.2, 0) is 33.0 Å². The van der Waals surface area contributed by atoms with E-state index in [-0.39, 0.29) is 4.90 Å². The van der Waals surface area contributed by atoms with Crippen LogP contribution in [0, 0.1) is 6.92 Å². The van der Waals surface area contributed by atoms with Crippen molar-refractivity contribution >= 4 is 21.9 Å². The lowest BCUT2D eigenvalue weighted by atomic mass is 10.1. The zero-order valence-corrected chi connectivity index (χ0v) is 20.3. The molecule has 0 spiro atoms. The fourth-order valence-electron chi connectivity index (χ4n) is 3.50. The van der Waals surface area contributed by atoms with Gasteiger partial charge in [0.2, 0.25) is 0 Å². The summed E-state index contributed by atoms with van der Waals surface area (Å²) in [5.41, 5.74) is 2.41. The minimum absolute atomic E-state index is 0.178. The van der Waals surface area contributed by atoms with Crippen LogP contribution in [0.1, 0.15) is 56.1 Å². The van der Waals surface area contributed by atoms with E-state index in [0.717, 1.165) is 12.2 Å². The highest BCUT2D eigenvalue weighted by Gasteiger charge is 2.14. The maximum absolute atomic E-state index is 10.4. The summed E-state index contributed by atoms with van der Waals surface area (Å²) in [4.78, 5) is -0.178. The average molecular weight is 465 g/mol. The second kappa shape index (κ2) is 14.7. The van der Waals surface area contributed by atoms with Crippen LogP contribution in [0.25, 0.3) is 0 Å². The lowest BCUT2D eigenvalue weighted by Crippen LogP contribution is -2.04. The largest absolute Gasteiger partial charge is 0.744 e. The van der Waals surface area contributed by atoms with Gasteiger partial charge in [-0.2, -0.15) is 0 Å². The van der Waals surface area contributed by atoms with Gasteiger partial charge in [0.1, 0.15) is 21.6 Å². The fourth-order valence-corrected chi connectivity index (χ4v) is 5.02. The molecule has 0 radical (unpaired) electrons. The van der Waals surface area contributed by atoms with E-state index in [4.69, 9.17) is 4.74 Å². The molecule has 31 heavy (non-hydrogen) atoms. The third-order valence-corrected chi connectivity index (χ3v) is 7.41. The third kappa shape index (κ3) is 11.7. The van der Waals surface area contributed by atoms with Crippen molar-refractivity contribution in [2.75, 3.05) is 18.1 Å². The van der Waals surface area contributed by atoms with E-state index in [0.29, 0.717) is 6.10 Å². The molecule has 1 aliphatic heterocycles. The van der Waals surface area contributed by atoms with E-state index in [9.17, 15) is 13.0 Å². The van der Waals surface area contributed by atoms with Gasteiger partial charge < -0.3 is 9.29 Å². The minimum atomic E-state index is -4.27. The molecule has 1 aliphatic rings. The smallest absolute Gasteiger partial charge is 0.124 e. The van der Waals surface area contributed by atoms with Crippen LogP contribution in [0.2, 0.25) is 0 Å². The number of thiol groups is 1. The number of unbranched alkanes of at least 4 members (excludes halogenated alkanes) is 2. The van der Waals surface area contributed by atoms with E-state index in [2.05, 4.69) is 30.3 Å². The molecule has 6 heteroatoms. The van der Waals surface area contributed by atoms with Crippen LogP contribution in [0.4, 0.5) is 0 Å². The van der Waals surface area contributed by atoms with Gasteiger partial charge in [0.25, 0.3) is 0 Å². The summed E-state index contributed by atoms with van der Waals surface area (Å²) in [5, 5.41) is 0. The molecule has 0 amide bonds. The van der Waals surface area contributed by atoms with Gasteiger partial charge in [0, 0.05) is 6.61 Å². The number of hydrogen-bond donors (Lipinski definition) is 0. The summed E-state index contributed by atoms with van der Waals surface area (Å²) >= 11 is 1.65. The Morgan fingerprint density at radius 1 is 0.968 bits per heavy atom. The van der Waals surface area contributed by atoms with E-state index < -0.39 is 10.1 Å². The molecule has 1 heterocycles. The Morgan fingerprint density at radius 2 is 1.68 bits per heavy atom. The number of ether oxygens (including phenoxy) is 1. The highest BCUT2D eigenvalue weighted by molar-refractivity contribution is 7.85. The quantitative estimate of drug-likeness (QED) is 0.201. The number of benzene rings is 2. The summed E-state index contributed by atoms with van der Waals surface area (Å²) in [6, 6.07) is 16.6. The normalized spacial score (nSPS) is 16.0. The molecule has 1 fully saturated rings. The van der Waals surface area contributed by atoms with Crippen molar-refractivity contribution in [2.24, 2.45) is 0 Å². The van der Waals surface area contributed by atoms with Gasteiger partial charge in [-0.3, -0.25) is 0 Å². The van der Waals surface area contributed by atoms with Gasteiger partial charge in [-0.05, 0) is 81.3 Å². The summed E-state index contributed by atoms with van der Waals surface area (Å²) in [6.07, 6.45) is 11.2. The van der Waals surface area contributed by atoms with Crippen molar-refractivity contribution in [3.63, 3.8) is 0 Å². The standard InChI is InChI=1S/C18H28OS.C7H8O3S/c1-3-9-17(10-4-1)11-8-16-20-15-6-2-5-12-18-13-7-14-19-18;1-6-2-4-7(5-3-6)11(8,9)10/h1,3-4,9-10,18H,2,5-8,11-16H2;2-5H,1H3,(H,8,9,10). The monoisotopic (exact) mass is 464 g/mol. The molecule has 3 rings (SSSR count). The number of rotatable bonds is 11. The molecule has 1 unspecified atom stereocenters. The van der Waals surface area contributed by atoms with Gasteiger partial charge in [0.15, 0.2) is 0 Å². The Bertz CT molecular complexity index is 814. The lowest BCUT2D eigenvalue weighted by Gasteiger charge is -2.07. The molecular weight excluding hydrogens is 428 g/mol. The molecule has 172 valence electrons. The lowest BCUT2D eigenvalue weighted by molar-refractivity contribution is 0.102. The summed E-state index contributed by atoms with van der Waals surface area (Å²) < 4.78 is 36.8. The van der Waals surface area contributed by atoms with Gasteiger partial charge in [-0.1, -0.05) is 54.4 Å². The van der Waals surface area contributed by atoms with Gasteiger partial charge in [-0.15, -0.1) is 0 Å². The Hall–Kier alpha value is -1.34. The minimum Gasteiger partial charge on any atom is -0.744 e. The average Bonchev–Trinajstić information content (AvgIpc) is 3.27. The molecule has 2 aromatic carbocycles. The van der Waals surface area contributed by atoms with Crippen LogP contribution in [0.3, 0.4) is 0 Å². The Kier molecular flexibility index (Phi) is 12.3. The van der Waals surface area contributed by atoms with Crippen LogP contribution < -0.4 is 0 Å². The summed E-state index contributed by atoms with van der Waals surface area (Å²) in [7, 11) is -4.27. The molecule has 0 saturated carbocycles. The Labute approximate surface area is 192 Å². The van der Waals surface area contributed by atoms with Crippen LogP contribution in [0.5, 0.6) is 0 Å². The zero-order valence-electron chi connectivity index (χ0n) is 18.5. The number of aryl methyl sites for hydroxylation is 2. The first-order chi connectivity index (χ1) is 14.9.